The zero-order chi connectivity index (χ0) is 24.5. The fraction of sp³-hybridized carbons (Fsp3) is 0.429. The van der Waals surface area contributed by atoms with Gasteiger partial charge in [0, 0.05) is 81.9 Å². The van der Waals surface area contributed by atoms with Crippen LogP contribution < -0.4 is 5.32 Å². The molecule has 0 spiro atoms. The van der Waals surface area contributed by atoms with E-state index >= 15 is 0 Å². The zero-order valence-electron chi connectivity index (χ0n) is 20.2. The van der Waals surface area contributed by atoms with Crippen molar-refractivity contribution in [3.63, 3.8) is 0 Å². The summed E-state index contributed by atoms with van der Waals surface area (Å²) in [6, 6.07) is 13.0. The van der Waals surface area contributed by atoms with Crippen molar-refractivity contribution in [3.05, 3.63) is 70.6 Å². The number of terminal acetylenes is 1. The standard InChI is InChI=1S/C28H34ClFN4O/c1-2-3-10-32-12-14-33(15-13-32)16-18-35-17-9-31-21-24-19-26(30)20-28-27(24)8-11-34(28)22-23-4-6-25(29)7-5-23/h1,4-8,11,19-20,31H,3,9-10,12-18,21-22H2. The molecule has 3 aromatic rings. The Morgan fingerprint density at radius 3 is 2.49 bits per heavy atom. The van der Waals surface area contributed by atoms with Gasteiger partial charge in [-0.2, -0.15) is 0 Å². The Kier molecular flexibility index (Phi) is 9.58. The SMILES string of the molecule is C#CCCN1CCN(CCOCCNCc2cc(F)cc3c2ccn3Cc2ccc(Cl)cc2)CC1. The van der Waals surface area contributed by atoms with Crippen LogP contribution in [0.2, 0.25) is 5.02 Å². The Morgan fingerprint density at radius 1 is 1.00 bits per heavy atom. The summed E-state index contributed by atoms with van der Waals surface area (Å²) in [5, 5.41) is 5.18. The molecular weight excluding hydrogens is 463 g/mol. The van der Waals surface area contributed by atoms with Gasteiger partial charge in [0.2, 0.25) is 0 Å². The number of nitrogens with one attached hydrogen (secondary N) is 1. The number of hydrogen-bond acceptors (Lipinski definition) is 4. The van der Waals surface area contributed by atoms with Crippen molar-refractivity contribution in [2.24, 2.45) is 0 Å². The molecule has 1 aliphatic rings. The van der Waals surface area contributed by atoms with E-state index in [1.807, 2.05) is 30.5 Å². The summed E-state index contributed by atoms with van der Waals surface area (Å²) >= 11 is 5.99. The first-order chi connectivity index (χ1) is 17.1. The number of ether oxygens (including phenoxy) is 1. The van der Waals surface area contributed by atoms with E-state index in [9.17, 15) is 4.39 Å². The molecule has 1 aliphatic heterocycles. The van der Waals surface area contributed by atoms with Gasteiger partial charge in [0.05, 0.1) is 18.7 Å². The van der Waals surface area contributed by atoms with E-state index < -0.39 is 0 Å². The number of aromatic nitrogens is 1. The highest BCUT2D eigenvalue weighted by atomic mass is 35.5. The predicted molar refractivity (Wildman–Crippen MR) is 141 cm³/mol. The third kappa shape index (κ3) is 7.54. The average Bonchev–Trinajstić information content (AvgIpc) is 3.26. The zero-order valence-corrected chi connectivity index (χ0v) is 20.9. The highest BCUT2D eigenvalue weighted by Crippen LogP contribution is 2.23. The summed E-state index contributed by atoms with van der Waals surface area (Å²) in [5.41, 5.74) is 2.98. The molecule has 1 aromatic heterocycles. The van der Waals surface area contributed by atoms with Crippen molar-refractivity contribution >= 4 is 22.5 Å². The first kappa shape index (κ1) is 25.7. The number of nitrogens with zero attached hydrogens (tertiary/aromatic N) is 3. The Bertz CT molecular complexity index is 1120. The van der Waals surface area contributed by atoms with Crippen LogP contribution in [0.4, 0.5) is 4.39 Å². The van der Waals surface area contributed by atoms with Gasteiger partial charge in [0.1, 0.15) is 5.82 Å². The van der Waals surface area contributed by atoms with Crippen molar-refractivity contribution in [2.45, 2.75) is 19.5 Å². The fourth-order valence-corrected chi connectivity index (χ4v) is 4.65. The maximum absolute atomic E-state index is 14.4. The monoisotopic (exact) mass is 496 g/mol. The number of hydrogen-bond donors (Lipinski definition) is 1. The molecule has 0 unspecified atom stereocenters. The second-order valence-electron chi connectivity index (χ2n) is 8.99. The molecule has 2 heterocycles. The molecule has 4 rings (SSSR count). The van der Waals surface area contributed by atoms with E-state index in [1.54, 1.807) is 12.1 Å². The van der Waals surface area contributed by atoms with E-state index in [0.717, 1.165) is 80.9 Å². The Balaban J connectivity index is 1.18. The van der Waals surface area contributed by atoms with E-state index in [2.05, 4.69) is 31.7 Å². The van der Waals surface area contributed by atoms with Gasteiger partial charge in [0.15, 0.2) is 0 Å². The van der Waals surface area contributed by atoms with Crippen molar-refractivity contribution in [3.8, 4) is 12.3 Å². The molecule has 186 valence electrons. The van der Waals surface area contributed by atoms with Gasteiger partial charge in [-0.1, -0.05) is 23.7 Å². The molecule has 0 bridgehead atoms. The van der Waals surface area contributed by atoms with Crippen molar-refractivity contribution in [1.29, 1.82) is 0 Å². The molecule has 5 nitrogen and oxygen atoms in total. The van der Waals surface area contributed by atoms with Gasteiger partial charge >= 0.3 is 0 Å². The largest absolute Gasteiger partial charge is 0.379 e. The van der Waals surface area contributed by atoms with E-state index in [-0.39, 0.29) is 5.82 Å². The third-order valence-corrected chi connectivity index (χ3v) is 6.79. The number of fused-ring (bicyclic) bond motifs is 1. The molecule has 0 saturated carbocycles. The van der Waals surface area contributed by atoms with Crippen LogP contribution in [0.15, 0.2) is 48.7 Å². The average molecular weight is 497 g/mol. The first-order valence-electron chi connectivity index (χ1n) is 12.3. The quantitative estimate of drug-likeness (QED) is 0.300. The van der Waals surface area contributed by atoms with Crippen molar-refractivity contribution in [2.75, 3.05) is 59.0 Å². The molecule has 1 saturated heterocycles. The fourth-order valence-electron chi connectivity index (χ4n) is 4.53. The van der Waals surface area contributed by atoms with Crippen molar-refractivity contribution < 1.29 is 9.13 Å². The minimum absolute atomic E-state index is 0.221. The van der Waals surface area contributed by atoms with Crippen molar-refractivity contribution in [1.82, 2.24) is 19.7 Å². The van der Waals surface area contributed by atoms with Gasteiger partial charge in [-0.15, -0.1) is 12.3 Å². The highest BCUT2D eigenvalue weighted by molar-refractivity contribution is 6.30. The van der Waals surface area contributed by atoms with Gasteiger partial charge < -0.3 is 14.6 Å². The lowest BCUT2D eigenvalue weighted by Gasteiger charge is -2.34. The number of rotatable bonds is 12. The van der Waals surface area contributed by atoms with Gasteiger partial charge in [-0.3, -0.25) is 9.80 Å². The molecule has 1 N–H and O–H groups in total. The lowest BCUT2D eigenvalue weighted by Crippen LogP contribution is -2.47. The Labute approximate surface area is 212 Å². The predicted octanol–water partition coefficient (Wildman–Crippen LogP) is 4.23. The smallest absolute Gasteiger partial charge is 0.125 e. The van der Waals surface area contributed by atoms with Gasteiger partial charge in [-0.05, 0) is 41.5 Å². The Morgan fingerprint density at radius 2 is 1.74 bits per heavy atom. The molecular formula is C28H34ClFN4O. The molecule has 0 radical (unpaired) electrons. The molecule has 35 heavy (non-hydrogen) atoms. The van der Waals surface area contributed by atoms with Crippen LogP contribution in [0.5, 0.6) is 0 Å². The van der Waals surface area contributed by atoms with Crippen LogP contribution in [-0.2, 0) is 17.8 Å². The van der Waals surface area contributed by atoms with Crippen LogP contribution in [0.3, 0.4) is 0 Å². The van der Waals surface area contributed by atoms with Crippen LogP contribution >= 0.6 is 11.6 Å². The van der Waals surface area contributed by atoms with Crippen LogP contribution in [0.1, 0.15) is 17.5 Å². The van der Waals surface area contributed by atoms with E-state index in [0.29, 0.717) is 24.7 Å². The third-order valence-electron chi connectivity index (χ3n) is 6.53. The maximum Gasteiger partial charge on any atom is 0.125 e. The minimum atomic E-state index is -0.221. The second kappa shape index (κ2) is 13.1. The second-order valence-corrected chi connectivity index (χ2v) is 9.43. The normalized spacial score (nSPS) is 15.0. The number of halogens is 2. The number of piperazine rings is 1. The van der Waals surface area contributed by atoms with Crippen LogP contribution in [0, 0.1) is 18.2 Å². The number of benzene rings is 2. The molecule has 7 heteroatoms. The van der Waals surface area contributed by atoms with Gasteiger partial charge in [0.25, 0.3) is 0 Å². The Hall–Kier alpha value is -2.40. The summed E-state index contributed by atoms with van der Waals surface area (Å²) < 4.78 is 22.3. The van der Waals surface area contributed by atoms with E-state index in [4.69, 9.17) is 22.8 Å². The summed E-state index contributed by atoms with van der Waals surface area (Å²) in [6.45, 7) is 9.60. The molecule has 0 amide bonds. The molecule has 1 fully saturated rings. The summed E-state index contributed by atoms with van der Waals surface area (Å²) in [5.74, 6) is 2.49. The van der Waals surface area contributed by atoms with E-state index in [1.165, 1.54) is 0 Å². The summed E-state index contributed by atoms with van der Waals surface area (Å²) in [4.78, 5) is 4.87. The first-order valence-corrected chi connectivity index (χ1v) is 12.7. The molecule has 0 atom stereocenters. The summed E-state index contributed by atoms with van der Waals surface area (Å²) in [6.07, 6.45) is 8.19. The summed E-state index contributed by atoms with van der Waals surface area (Å²) in [7, 11) is 0. The molecule has 0 aliphatic carbocycles. The lowest BCUT2D eigenvalue weighted by molar-refractivity contribution is 0.0772. The minimum Gasteiger partial charge on any atom is -0.379 e. The maximum atomic E-state index is 14.4. The topological polar surface area (TPSA) is 32.7 Å². The molecule has 2 aromatic carbocycles. The van der Waals surface area contributed by atoms with Crippen LogP contribution in [0.25, 0.3) is 10.9 Å². The highest BCUT2D eigenvalue weighted by Gasteiger charge is 2.15. The van der Waals surface area contributed by atoms with Crippen LogP contribution in [-0.4, -0.2) is 73.4 Å². The lowest BCUT2D eigenvalue weighted by atomic mass is 10.1. The van der Waals surface area contributed by atoms with Gasteiger partial charge in [-0.25, -0.2) is 4.39 Å².